The van der Waals surface area contributed by atoms with Crippen LogP contribution in [0.4, 0.5) is 0 Å². The Bertz CT molecular complexity index is 840. The van der Waals surface area contributed by atoms with Gasteiger partial charge in [0.1, 0.15) is 6.04 Å². The number of carbonyl (C=O) groups excluding carboxylic acids is 2. The van der Waals surface area contributed by atoms with E-state index in [1.54, 1.807) is 4.90 Å². The maximum absolute atomic E-state index is 12.9. The predicted octanol–water partition coefficient (Wildman–Crippen LogP) is 2.02. The average molecular weight is 440 g/mol. The van der Waals surface area contributed by atoms with Gasteiger partial charge in [0, 0.05) is 25.1 Å². The van der Waals surface area contributed by atoms with Crippen molar-refractivity contribution in [2.75, 3.05) is 26.2 Å². The van der Waals surface area contributed by atoms with Crippen molar-refractivity contribution in [2.24, 2.45) is 11.8 Å². The summed E-state index contributed by atoms with van der Waals surface area (Å²) in [6.07, 6.45) is 4.87. The van der Waals surface area contributed by atoms with Gasteiger partial charge in [-0.15, -0.1) is 0 Å². The molecule has 2 saturated heterocycles. The third kappa shape index (κ3) is 7.69. The number of carboxylic acids is 1. The molecule has 2 aliphatic rings. The van der Waals surface area contributed by atoms with Gasteiger partial charge in [0.2, 0.25) is 11.8 Å². The maximum atomic E-state index is 12.9. The molecule has 0 aliphatic carbocycles. The standard InChI is InChI=1S/C25H33N3O4/c29-23(11-9-20-12-14-26-15-13-20)28-16-4-7-21(18-28)25(32)27-22(17-24(30)31)10-8-19-5-2-1-3-6-19/h1-3,5-6,20-22,26H,4,7,9,11-18H2,(H,27,32)(H,30,31)/t21-,22+/m1/s1. The van der Waals surface area contributed by atoms with Crippen LogP contribution < -0.4 is 10.6 Å². The normalized spacial score (nSPS) is 20.0. The summed E-state index contributed by atoms with van der Waals surface area (Å²) in [5.74, 6) is 4.96. The SMILES string of the molecule is O=C(O)C[C@H](C#Cc1ccccc1)NC(=O)[C@@H]1CCCN(C(=O)CCC2CCNCC2)C1. The largest absolute Gasteiger partial charge is 0.481 e. The number of piperidine rings is 2. The highest BCUT2D eigenvalue weighted by atomic mass is 16.4. The molecular weight excluding hydrogens is 406 g/mol. The zero-order valence-corrected chi connectivity index (χ0v) is 18.5. The highest BCUT2D eigenvalue weighted by molar-refractivity contribution is 5.82. The van der Waals surface area contributed by atoms with Crippen LogP contribution in [0.15, 0.2) is 30.3 Å². The lowest BCUT2D eigenvalue weighted by molar-refractivity contribution is -0.137. The fourth-order valence-corrected chi connectivity index (χ4v) is 4.37. The molecule has 0 aromatic heterocycles. The molecule has 0 radical (unpaired) electrons. The number of benzene rings is 1. The van der Waals surface area contributed by atoms with Crippen molar-refractivity contribution >= 4 is 17.8 Å². The molecule has 3 N–H and O–H groups in total. The van der Waals surface area contributed by atoms with Crippen molar-refractivity contribution in [1.29, 1.82) is 0 Å². The van der Waals surface area contributed by atoms with Crippen LogP contribution >= 0.6 is 0 Å². The Labute approximate surface area is 189 Å². The summed E-state index contributed by atoms with van der Waals surface area (Å²) in [5.41, 5.74) is 0.764. The minimum Gasteiger partial charge on any atom is -0.481 e. The molecule has 32 heavy (non-hydrogen) atoms. The second-order valence-corrected chi connectivity index (χ2v) is 8.71. The first-order chi connectivity index (χ1) is 15.5. The molecule has 7 nitrogen and oxygen atoms in total. The number of hydrogen-bond acceptors (Lipinski definition) is 4. The smallest absolute Gasteiger partial charge is 0.306 e. The van der Waals surface area contributed by atoms with Crippen LogP contribution in [0, 0.1) is 23.7 Å². The summed E-state index contributed by atoms with van der Waals surface area (Å²) in [5, 5.41) is 15.3. The summed E-state index contributed by atoms with van der Waals surface area (Å²) in [6, 6.07) is 8.49. The van der Waals surface area contributed by atoms with Gasteiger partial charge in [-0.25, -0.2) is 0 Å². The summed E-state index contributed by atoms with van der Waals surface area (Å²) in [4.78, 5) is 38.6. The molecule has 3 rings (SSSR count). The van der Waals surface area contributed by atoms with E-state index in [1.807, 2.05) is 30.3 Å². The third-order valence-electron chi connectivity index (χ3n) is 6.23. The molecule has 2 heterocycles. The van der Waals surface area contributed by atoms with Crippen LogP contribution in [0.25, 0.3) is 0 Å². The molecule has 0 unspecified atom stereocenters. The first kappa shape index (κ1) is 23.8. The minimum absolute atomic E-state index is 0.118. The molecule has 2 aliphatic heterocycles. The van der Waals surface area contributed by atoms with Crippen LogP contribution in [0.3, 0.4) is 0 Å². The lowest BCUT2D eigenvalue weighted by Gasteiger charge is -2.33. The van der Waals surface area contributed by atoms with Crippen LogP contribution in [0.1, 0.15) is 50.5 Å². The van der Waals surface area contributed by atoms with E-state index in [2.05, 4.69) is 22.5 Å². The van der Waals surface area contributed by atoms with Crippen molar-refractivity contribution in [1.82, 2.24) is 15.5 Å². The molecule has 2 fully saturated rings. The Kier molecular flexibility index (Phi) is 9.12. The number of nitrogens with zero attached hydrogens (tertiary/aromatic N) is 1. The average Bonchev–Trinajstić information content (AvgIpc) is 2.82. The lowest BCUT2D eigenvalue weighted by atomic mass is 9.92. The fourth-order valence-electron chi connectivity index (χ4n) is 4.37. The van der Waals surface area contributed by atoms with E-state index < -0.39 is 12.0 Å². The van der Waals surface area contributed by atoms with E-state index in [9.17, 15) is 19.5 Å². The topological polar surface area (TPSA) is 98.7 Å². The Morgan fingerprint density at radius 3 is 2.62 bits per heavy atom. The molecular formula is C25H33N3O4. The Morgan fingerprint density at radius 2 is 1.91 bits per heavy atom. The number of aliphatic carboxylic acids is 1. The zero-order valence-electron chi connectivity index (χ0n) is 18.5. The van der Waals surface area contributed by atoms with Gasteiger partial charge in [0.05, 0.1) is 12.3 Å². The molecule has 2 atom stereocenters. The fraction of sp³-hybridized carbons (Fsp3) is 0.560. The van der Waals surface area contributed by atoms with Crippen molar-refractivity contribution in [3.8, 4) is 11.8 Å². The molecule has 2 amide bonds. The van der Waals surface area contributed by atoms with Gasteiger partial charge in [0.25, 0.3) is 0 Å². The second kappa shape index (κ2) is 12.3. The van der Waals surface area contributed by atoms with Gasteiger partial charge in [-0.2, -0.15) is 0 Å². The number of hydrogen-bond donors (Lipinski definition) is 3. The van der Waals surface area contributed by atoms with Crippen molar-refractivity contribution in [2.45, 2.75) is 51.0 Å². The molecule has 1 aromatic carbocycles. The van der Waals surface area contributed by atoms with Crippen molar-refractivity contribution in [3.05, 3.63) is 35.9 Å². The second-order valence-electron chi connectivity index (χ2n) is 8.71. The van der Waals surface area contributed by atoms with E-state index >= 15 is 0 Å². The first-order valence-electron chi connectivity index (χ1n) is 11.6. The molecule has 0 spiro atoms. The quantitative estimate of drug-likeness (QED) is 0.565. The highest BCUT2D eigenvalue weighted by Crippen LogP contribution is 2.21. The number of carbonyl (C=O) groups is 3. The number of nitrogens with one attached hydrogen (secondary N) is 2. The predicted molar refractivity (Wildman–Crippen MR) is 122 cm³/mol. The highest BCUT2D eigenvalue weighted by Gasteiger charge is 2.30. The third-order valence-corrected chi connectivity index (χ3v) is 6.23. The van der Waals surface area contributed by atoms with Gasteiger partial charge in [-0.3, -0.25) is 14.4 Å². The van der Waals surface area contributed by atoms with E-state index in [-0.39, 0.29) is 24.2 Å². The first-order valence-corrected chi connectivity index (χ1v) is 11.6. The van der Waals surface area contributed by atoms with Gasteiger partial charge < -0.3 is 20.6 Å². The van der Waals surface area contributed by atoms with E-state index in [1.165, 1.54) is 0 Å². The van der Waals surface area contributed by atoms with E-state index in [0.29, 0.717) is 31.8 Å². The van der Waals surface area contributed by atoms with Gasteiger partial charge in [0.15, 0.2) is 0 Å². The Balaban J connectivity index is 1.53. The summed E-state index contributed by atoms with van der Waals surface area (Å²) >= 11 is 0. The minimum atomic E-state index is -1.02. The monoisotopic (exact) mass is 439 g/mol. The van der Waals surface area contributed by atoms with Gasteiger partial charge in [-0.1, -0.05) is 30.0 Å². The van der Waals surface area contributed by atoms with E-state index in [4.69, 9.17) is 0 Å². The summed E-state index contributed by atoms with van der Waals surface area (Å²) < 4.78 is 0. The summed E-state index contributed by atoms with van der Waals surface area (Å²) in [6.45, 7) is 3.12. The van der Waals surface area contributed by atoms with Crippen LogP contribution in [-0.2, 0) is 14.4 Å². The number of rotatable bonds is 7. The Hall–Kier alpha value is -2.85. The van der Waals surface area contributed by atoms with Gasteiger partial charge in [-0.05, 0) is 63.2 Å². The maximum Gasteiger partial charge on any atom is 0.306 e. The molecule has 0 saturated carbocycles. The number of likely N-dealkylation sites (tertiary alicyclic amines) is 1. The Morgan fingerprint density at radius 1 is 1.16 bits per heavy atom. The number of amides is 2. The van der Waals surface area contributed by atoms with Crippen LogP contribution in [0.5, 0.6) is 0 Å². The summed E-state index contributed by atoms with van der Waals surface area (Å²) in [7, 11) is 0. The molecule has 172 valence electrons. The van der Waals surface area contributed by atoms with Gasteiger partial charge >= 0.3 is 5.97 Å². The van der Waals surface area contributed by atoms with Crippen molar-refractivity contribution < 1.29 is 19.5 Å². The molecule has 1 aromatic rings. The van der Waals surface area contributed by atoms with Crippen LogP contribution in [-0.4, -0.2) is 60.0 Å². The molecule has 7 heteroatoms. The van der Waals surface area contributed by atoms with Crippen molar-refractivity contribution in [3.63, 3.8) is 0 Å². The van der Waals surface area contributed by atoms with E-state index in [0.717, 1.165) is 44.3 Å². The lowest BCUT2D eigenvalue weighted by Crippen LogP contribution is -2.47. The zero-order chi connectivity index (χ0) is 22.8. The molecule has 0 bridgehead atoms. The number of carboxylic acid groups (broad SMARTS) is 1. The van der Waals surface area contributed by atoms with Crippen LogP contribution in [0.2, 0.25) is 0 Å².